The number of rotatable bonds is 11. The number of nitrogens with zero attached hydrogens (tertiary/aromatic N) is 1. The molecule has 1 aromatic carbocycles. The van der Waals surface area contributed by atoms with Crippen LogP contribution in [0.5, 0.6) is 0 Å². The van der Waals surface area contributed by atoms with Crippen LogP contribution in [0.4, 0.5) is 4.39 Å². The van der Waals surface area contributed by atoms with Gasteiger partial charge in [0.25, 0.3) is 0 Å². The molecule has 2 atom stereocenters. The monoisotopic (exact) mass is 459 g/mol. The van der Waals surface area contributed by atoms with Crippen LogP contribution in [0, 0.1) is 5.82 Å². The van der Waals surface area contributed by atoms with Gasteiger partial charge in [-0.2, -0.15) is 0 Å². The van der Waals surface area contributed by atoms with E-state index in [0.29, 0.717) is 6.61 Å². The standard InChI is InChI=1S/C26H34FNO5/c1-15(2)25-21(11-10-19(29)12-20(30)13-23(31)32)24(17-6-8-18(27)9-7-17)22(14-33-5)26(28-25)16(3)4/h6-11,15-16,19-20,29-30H,12-14H2,1-5H3,(H,31,32)/t19-,20-/m0/s1. The van der Waals surface area contributed by atoms with Gasteiger partial charge in [-0.25, -0.2) is 4.39 Å². The van der Waals surface area contributed by atoms with Crippen LogP contribution >= 0.6 is 0 Å². The van der Waals surface area contributed by atoms with Crippen molar-refractivity contribution in [3.63, 3.8) is 0 Å². The van der Waals surface area contributed by atoms with E-state index in [2.05, 4.69) is 13.8 Å². The molecule has 0 fully saturated rings. The number of carbonyl (C=O) groups is 1. The van der Waals surface area contributed by atoms with Gasteiger partial charge in [-0.05, 0) is 35.1 Å². The van der Waals surface area contributed by atoms with Crippen molar-refractivity contribution < 1.29 is 29.2 Å². The van der Waals surface area contributed by atoms with Crippen molar-refractivity contribution in [1.29, 1.82) is 0 Å². The van der Waals surface area contributed by atoms with Crippen LogP contribution in [0.15, 0.2) is 30.3 Å². The summed E-state index contributed by atoms with van der Waals surface area (Å²) >= 11 is 0. The van der Waals surface area contributed by atoms with Gasteiger partial charge in [0.15, 0.2) is 0 Å². The molecule has 0 aliphatic carbocycles. The molecule has 33 heavy (non-hydrogen) atoms. The molecule has 0 aliphatic heterocycles. The molecule has 1 heterocycles. The summed E-state index contributed by atoms with van der Waals surface area (Å²) in [4.78, 5) is 15.8. The van der Waals surface area contributed by atoms with Gasteiger partial charge in [0.1, 0.15) is 5.82 Å². The van der Waals surface area contributed by atoms with Gasteiger partial charge in [-0.15, -0.1) is 0 Å². The van der Waals surface area contributed by atoms with Crippen LogP contribution in [0.2, 0.25) is 0 Å². The van der Waals surface area contributed by atoms with E-state index in [0.717, 1.165) is 33.6 Å². The number of aliphatic hydroxyl groups is 2. The normalized spacial score (nSPS) is 13.8. The molecular formula is C26H34FNO5. The minimum atomic E-state index is -1.16. The first-order valence-corrected chi connectivity index (χ1v) is 11.1. The van der Waals surface area contributed by atoms with Gasteiger partial charge >= 0.3 is 5.97 Å². The number of carboxylic acid groups (broad SMARTS) is 1. The number of benzene rings is 1. The van der Waals surface area contributed by atoms with Crippen LogP contribution < -0.4 is 0 Å². The molecule has 0 aliphatic rings. The molecule has 3 N–H and O–H groups in total. The molecule has 0 bridgehead atoms. The van der Waals surface area contributed by atoms with Gasteiger partial charge in [-0.1, -0.05) is 52.0 Å². The Kier molecular flexibility index (Phi) is 9.70. The summed E-state index contributed by atoms with van der Waals surface area (Å²) in [6.07, 6.45) is 0.541. The first-order chi connectivity index (χ1) is 15.5. The van der Waals surface area contributed by atoms with Crippen molar-refractivity contribution in [2.24, 2.45) is 0 Å². The smallest absolute Gasteiger partial charge is 0.305 e. The quantitative estimate of drug-likeness (QED) is 0.443. The van der Waals surface area contributed by atoms with E-state index in [1.54, 1.807) is 25.3 Å². The average Bonchev–Trinajstić information content (AvgIpc) is 2.72. The van der Waals surface area contributed by atoms with Crippen molar-refractivity contribution >= 4 is 12.0 Å². The predicted octanol–water partition coefficient (Wildman–Crippen LogP) is 4.88. The summed E-state index contributed by atoms with van der Waals surface area (Å²) in [5.41, 5.74) is 5.05. The molecule has 6 nitrogen and oxygen atoms in total. The summed E-state index contributed by atoms with van der Waals surface area (Å²) < 4.78 is 19.2. The number of aromatic nitrogens is 1. The lowest BCUT2D eigenvalue weighted by molar-refractivity contribution is -0.139. The zero-order valence-corrected chi connectivity index (χ0v) is 19.9. The largest absolute Gasteiger partial charge is 0.481 e. The highest BCUT2D eigenvalue weighted by molar-refractivity contribution is 5.80. The molecule has 0 unspecified atom stereocenters. The van der Waals surface area contributed by atoms with E-state index in [4.69, 9.17) is 14.8 Å². The molecule has 0 saturated carbocycles. The van der Waals surface area contributed by atoms with Gasteiger partial charge in [0.2, 0.25) is 0 Å². The van der Waals surface area contributed by atoms with E-state index in [-0.39, 0.29) is 24.1 Å². The van der Waals surface area contributed by atoms with E-state index in [9.17, 15) is 19.4 Å². The Morgan fingerprint density at radius 1 is 1.09 bits per heavy atom. The molecule has 2 rings (SSSR count). The molecule has 0 saturated heterocycles. The fraction of sp³-hybridized carbons (Fsp3) is 0.462. The number of carboxylic acids is 1. The number of aliphatic carboxylic acids is 1. The minimum Gasteiger partial charge on any atom is -0.481 e. The Balaban J connectivity index is 2.69. The van der Waals surface area contributed by atoms with Gasteiger partial charge in [0.05, 0.1) is 30.9 Å². The zero-order valence-electron chi connectivity index (χ0n) is 19.9. The Labute approximate surface area is 194 Å². The number of hydrogen-bond acceptors (Lipinski definition) is 5. The highest BCUT2D eigenvalue weighted by Crippen LogP contribution is 2.37. The fourth-order valence-corrected chi connectivity index (χ4v) is 3.85. The van der Waals surface area contributed by atoms with Crippen LogP contribution in [0.25, 0.3) is 17.2 Å². The zero-order chi connectivity index (χ0) is 24.7. The summed E-state index contributed by atoms with van der Waals surface area (Å²) in [5, 5.41) is 29.1. The fourth-order valence-electron chi connectivity index (χ4n) is 3.85. The third-order valence-corrected chi connectivity index (χ3v) is 5.32. The maximum Gasteiger partial charge on any atom is 0.305 e. The Hall–Kier alpha value is -2.61. The molecule has 0 spiro atoms. The number of pyridine rings is 1. The number of hydrogen-bond donors (Lipinski definition) is 3. The van der Waals surface area contributed by atoms with Crippen molar-refractivity contribution in [1.82, 2.24) is 4.98 Å². The maximum absolute atomic E-state index is 13.7. The second kappa shape index (κ2) is 12.0. The molecular weight excluding hydrogens is 425 g/mol. The third-order valence-electron chi connectivity index (χ3n) is 5.32. The summed E-state index contributed by atoms with van der Waals surface area (Å²) in [6, 6.07) is 6.23. The SMILES string of the molecule is COCc1c(C(C)C)nc(C(C)C)c(C=C[C@H](O)C[C@H](O)CC(=O)O)c1-c1ccc(F)cc1. The lowest BCUT2D eigenvalue weighted by Crippen LogP contribution is -2.19. The topological polar surface area (TPSA) is 99.9 Å². The number of aliphatic hydroxyl groups excluding tert-OH is 2. The third kappa shape index (κ3) is 7.19. The van der Waals surface area contributed by atoms with Gasteiger partial charge in [-0.3, -0.25) is 9.78 Å². The van der Waals surface area contributed by atoms with Gasteiger partial charge < -0.3 is 20.1 Å². The Morgan fingerprint density at radius 3 is 2.21 bits per heavy atom. The molecule has 7 heteroatoms. The first-order valence-electron chi connectivity index (χ1n) is 11.1. The lowest BCUT2D eigenvalue weighted by atomic mass is 9.87. The lowest BCUT2D eigenvalue weighted by Gasteiger charge is -2.23. The molecule has 0 amide bonds. The van der Waals surface area contributed by atoms with E-state index in [1.165, 1.54) is 18.2 Å². The van der Waals surface area contributed by atoms with Crippen LogP contribution in [-0.4, -0.2) is 45.6 Å². The second-order valence-corrected chi connectivity index (χ2v) is 8.81. The molecule has 2 aromatic rings. The number of halogens is 1. The van der Waals surface area contributed by atoms with Crippen molar-refractivity contribution in [2.75, 3.05) is 7.11 Å². The molecule has 1 aromatic heterocycles. The Morgan fingerprint density at radius 2 is 1.70 bits per heavy atom. The van der Waals surface area contributed by atoms with Crippen LogP contribution in [0.1, 0.15) is 74.9 Å². The summed E-state index contributed by atoms with van der Waals surface area (Å²) in [7, 11) is 1.61. The molecule has 180 valence electrons. The number of ether oxygens (including phenoxy) is 1. The van der Waals surface area contributed by atoms with E-state index < -0.39 is 24.6 Å². The molecule has 0 radical (unpaired) electrons. The minimum absolute atomic E-state index is 0.0627. The van der Waals surface area contributed by atoms with E-state index >= 15 is 0 Å². The van der Waals surface area contributed by atoms with Gasteiger partial charge in [0, 0.05) is 30.4 Å². The highest BCUT2D eigenvalue weighted by Gasteiger charge is 2.23. The van der Waals surface area contributed by atoms with Crippen LogP contribution in [0.3, 0.4) is 0 Å². The number of methoxy groups -OCH3 is 1. The van der Waals surface area contributed by atoms with Crippen LogP contribution in [-0.2, 0) is 16.1 Å². The second-order valence-electron chi connectivity index (χ2n) is 8.81. The highest BCUT2D eigenvalue weighted by atomic mass is 19.1. The van der Waals surface area contributed by atoms with Crippen molar-refractivity contribution in [3.05, 3.63) is 58.7 Å². The van der Waals surface area contributed by atoms with E-state index in [1.807, 2.05) is 13.8 Å². The average molecular weight is 460 g/mol. The summed E-state index contributed by atoms with van der Waals surface area (Å²) in [5.74, 6) is -1.28. The predicted molar refractivity (Wildman–Crippen MR) is 126 cm³/mol. The Bertz CT molecular complexity index is 970. The summed E-state index contributed by atoms with van der Waals surface area (Å²) in [6.45, 7) is 8.49. The maximum atomic E-state index is 13.7. The van der Waals surface area contributed by atoms with Crippen molar-refractivity contribution in [3.8, 4) is 11.1 Å². The first kappa shape index (κ1) is 26.6. The van der Waals surface area contributed by atoms with Crippen molar-refractivity contribution in [2.45, 2.75) is 71.2 Å².